The molecule has 3 rings (SSSR count). The standard InChI is InChI=1S/C21H19NO2/c1-3-19-18(21(23)24-2)14-17(15-10-6-4-7-11-15)20(22-19)16-12-8-5-9-13-16/h4-14H,3H2,1-2H3. The van der Waals surface area contributed by atoms with Gasteiger partial charge in [0.25, 0.3) is 0 Å². The second-order valence-electron chi connectivity index (χ2n) is 5.46. The molecule has 1 aromatic heterocycles. The number of rotatable bonds is 4. The van der Waals surface area contributed by atoms with E-state index in [1.54, 1.807) is 0 Å². The van der Waals surface area contributed by atoms with E-state index in [1.165, 1.54) is 7.11 Å². The van der Waals surface area contributed by atoms with Crippen LogP contribution >= 0.6 is 0 Å². The van der Waals surface area contributed by atoms with Crippen LogP contribution < -0.4 is 0 Å². The molecule has 0 aliphatic carbocycles. The number of esters is 1. The third-order valence-electron chi connectivity index (χ3n) is 3.97. The van der Waals surface area contributed by atoms with Gasteiger partial charge in [-0.2, -0.15) is 0 Å². The SMILES string of the molecule is CCc1nc(-c2ccccc2)c(-c2ccccc2)cc1C(=O)OC. The van der Waals surface area contributed by atoms with Crippen LogP contribution in [-0.2, 0) is 11.2 Å². The van der Waals surface area contributed by atoms with Crippen LogP contribution in [-0.4, -0.2) is 18.1 Å². The Bertz CT molecular complexity index is 842. The zero-order valence-corrected chi connectivity index (χ0v) is 13.8. The number of aryl methyl sites for hydroxylation is 1. The number of benzene rings is 2. The second-order valence-corrected chi connectivity index (χ2v) is 5.46. The Morgan fingerprint density at radius 1 is 0.958 bits per heavy atom. The van der Waals surface area contributed by atoms with Gasteiger partial charge in [-0.25, -0.2) is 4.79 Å². The Morgan fingerprint density at radius 3 is 2.08 bits per heavy atom. The molecule has 2 aromatic carbocycles. The van der Waals surface area contributed by atoms with Gasteiger partial charge in [0.05, 0.1) is 24.1 Å². The third kappa shape index (κ3) is 3.06. The van der Waals surface area contributed by atoms with Gasteiger partial charge in [0.15, 0.2) is 0 Å². The number of hydrogen-bond donors (Lipinski definition) is 0. The average molecular weight is 317 g/mol. The Balaban J connectivity index is 2.29. The lowest BCUT2D eigenvalue weighted by Gasteiger charge is -2.14. The lowest BCUT2D eigenvalue weighted by molar-refractivity contribution is 0.0599. The number of pyridine rings is 1. The van der Waals surface area contributed by atoms with E-state index < -0.39 is 0 Å². The molecule has 3 aromatic rings. The van der Waals surface area contributed by atoms with Crippen molar-refractivity contribution in [1.29, 1.82) is 0 Å². The van der Waals surface area contributed by atoms with E-state index in [-0.39, 0.29) is 5.97 Å². The van der Waals surface area contributed by atoms with Crippen molar-refractivity contribution in [3.63, 3.8) is 0 Å². The molecule has 120 valence electrons. The highest BCUT2D eigenvalue weighted by Gasteiger charge is 2.18. The minimum absolute atomic E-state index is 0.351. The quantitative estimate of drug-likeness (QED) is 0.651. The van der Waals surface area contributed by atoms with Gasteiger partial charge in [0.1, 0.15) is 0 Å². The molecule has 0 saturated heterocycles. The van der Waals surface area contributed by atoms with Crippen molar-refractivity contribution in [1.82, 2.24) is 4.98 Å². The predicted molar refractivity (Wildman–Crippen MR) is 95.8 cm³/mol. The molecular formula is C21H19NO2. The van der Waals surface area contributed by atoms with Gasteiger partial charge in [-0.1, -0.05) is 67.6 Å². The summed E-state index contributed by atoms with van der Waals surface area (Å²) >= 11 is 0. The maximum Gasteiger partial charge on any atom is 0.339 e. The van der Waals surface area contributed by atoms with Crippen molar-refractivity contribution in [3.8, 4) is 22.4 Å². The fourth-order valence-electron chi connectivity index (χ4n) is 2.76. The molecule has 0 aliphatic heterocycles. The molecule has 0 radical (unpaired) electrons. The molecule has 0 atom stereocenters. The Hall–Kier alpha value is -2.94. The Morgan fingerprint density at radius 2 is 1.54 bits per heavy atom. The molecule has 24 heavy (non-hydrogen) atoms. The van der Waals surface area contributed by atoms with Crippen molar-refractivity contribution in [2.24, 2.45) is 0 Å². The Kier molecular flexibility index (Phi) is 4.71. The molecule has 0 amide bonds. The van der Waals surface area contributed by atoms with Gasteiger partial charge in [-0.05, 0) is 18.1 Å². The molecule has 0 N–H and O–H groups in total. The fourth-order valence-corrected chi connectivity index (χ4v) is 2.76. The predicted octanol–water partition coefficient (Wildman–Crippen LogP) is 4.76. The fraction of sp³-hybridized carbons (Fsp3) is 0.143. The topological polar surface area (TPSA) is 39.2 Å². The highest BCUT2D eigenvalue weighted by Crippen LogP contribution is 2.32. The van der Waals surface area contributed by atoms with Gasteiger partial charge < -0.3 is 4.74 Å². The van der Waals surface area contributed by atoms with Crippen molar-refractivity contribution in [3.05, 3.63) is 78.0 Å². The largest absolute Gasteiger partial charge is 0.465 e. The van der Waals surface area contributed by atoms with Crippen molar-refractivity contribution >= 4 is 5.97 Å². The molecular weight excluding hydrogens is 298 g/mol. The van der Waals surface area contributed by atoms with E-state index >= 15 is 0 Å². The normalized spacial score (nSPS) is 10.4. The zero-order valence-electron chi connectivity index (χ0n) is 13.8. The molecule has 0 fully saturated rings. The first-order valence-electron chi connectivity index (χ1n) is 7.97. The van der Waals surface area contributed by atoms with E-state index in [0.717, 1.165) is 28.1 Å². The number of ether oxygens (including phenoxy) is 1. The van der Waals surface area contributed by atoms with Gasteiger partial charge >= 0.3 is 5.97 Å². The van der Waals surface area contributed by atoms with Crippen LogP contribution in [0.15, 0.2) is 66.7 Å². The summed E-state index contributed by atoms with van der Waals surface area (Å²) in [5.74, 6) is -0.351. The minimum Gasteiger partial charge on any atom is -0.465 e. The maximum atomic E-state index is 12.2. The smallest absolute Gasteiger partial charge is 0.339 e. The number of carbonyl (C=O) groups excluding carboxylic acids is 1. The van der Waals surface area contributed by atoms with Crippen LogP contribution in [0.1, 0.15) is 23.0 Å². The zero-order chi connectivity index (χ0) is 16.9. The molecule has 1 heterocycles. The lowest BCUT2D eigenvalue weighted by Crippen LogP contribution is -2.09. The van der Waals surface area contributed by atoms with Crippen LogP contribution in [0.4, 0.5) is 0 Å². The van der Waals surface area contributed by atoms with E-state index in [1.807, 2.05) is 73.7 Å². The van der Waals surface area contributed by atoms with E-state index in [0.29, 0.717) is 12.0 Å². The summed E-state index contributed by atoms with van der Waals surface area (Å²) in [5.41, 5.74) is 5.14. The van der Waals surface area contributed by atoms with Crippen LogP contribution in [0.5, 0.6) is 0 Å². The van der Waals surface area contributed by atoms with Gasteiger partial charge in [0.2, 0.25) is 0 Å². The molecule has 0 spiro atoms. The van der Waals surface area contributed by atoms with E-state index in [4.69, 9.17) is 9.72 Å². The van der Waals surface area contributed by atoms with Crippen molar-refractivity contribution in [2.45, 2.75) is 13.3 Å². The third-order valence-corrected chi connectivity index (χ3v) is 3.97. The molecule has 0 unspecified atom stereocenters. The molecule has 0 saturated carbocycles. The average Bonchev–Trinajstić information content (AvgIpc) is 2.67. The first-order valence-corrected chi connectivity index (χ1v) is 7.97. The first kappa shape index (κ1) is 15.9. The second kappa shape index (κ2) is 7.09. The minimum atomic E-state index is -0.351. The number of carbonyl (C=O) groups is 1. The first-order chi connectivity index (χ1) is 11.7. The summed E-state index contributed by atoms with van der Waals surface area (Å²) in [5, 5.41) is 0. The summed E-state index contributed by atoms with van der Waals surface area (Å²) in [6.45, 7) is 1.99. The number of hydrogen-bond acceptors (Lipinski definition) is 3. The molecule has 3 heteroatoms. The summed E-state index contributed by atoms with van der Waals surface area (Å²) in [6.07, 6.45) is 0.666. The van der Waals surface area contributed by atoms with Gasteiger partial charge in [-0.15, -0.1) is 0 Å². The Labute approximate surface area is 142 Å². The van der Waals surface area contributed by atoms with E-state index in [9.17, 15) is 4.79 Å². The van der Waals surface area contributed by atoms with Crippen LogP contribution in [0.2, 0.25) is 0 Å². The summed E-state index contributed by atoms with van der Waals surface area (Å²) < 4.78 is 4.94. The highest BCUT2D eigenvalue weighted by molar-refractivity contribution is 5.94. The monoisotopic (exact) mass is 317 g/mol. The van der Waals surface area contributed by atoms with Gasteiger partial charge in [-0.3, -0.25) is 4.98 Å². The summed E-state index contributed by atoms with van der Waals surface area (Å²) in [4.78, 5) is 17.0. The van der Waals surface area contributed by atoms with Gasteiger partial charge in [0, 0.05) is 11.1 Å². The van der Waals surface area contributed by atoms with Crippen molar-refractivity contribution in [2.75, 3.05) is 7.11 Å². The molecule has 3 nitrogen and oxygen atoms in total. The maximum absolute atomic E-state index is 12.2. The lowest BCUT2D eigenvalue weighted by atomic mass is 9.96. The van der Waals surface area contributed by atoms with Crippen molar-refractivity contribution < 1.29 is 9.53 Å². The molecule has 0 aliphatic rings. The van der Waals surface area contributed by atoms with Crippen LogP contribution in [0.3, 0.4) is 0 Å². The van der Waals surface area contributed by atoms with E-state index in [2.05, 4.69) is 0 Å². The molecule has 0 bridgehead atoms. The summed E-state index contributed by atoms with van der Waals surface area (Å²) in [6, 6.07) is 21.9. The summed E-state index contributed by atoms with van der Waals surface area (Å²) in [7, 11) is 1.40. The number of methoxy groups -OCH3 is 1. The highest BCUT2D eigenvalue weighted by atomic mass is 16.5. The number of aromatic nitrogens is 1. The van der Waals surface area contributed by atoms with Crippen LogP contribution in [0.25, 0.3) is 22.4 Å². The number of nitrogens with zero attached hydrogens (tertiary/aromatic N) is 1. The van der Waals surface area contributed by atoms with Crippen LogP contribution in [0, 0.1) is 0 Å².